The summed E-state index contributed by atoms with van der Waals surface area (Å²) < 4.78 is 13.7. The maximum Gasteiger partial charge on any atom is 0.126 e. The highest BCUT2D eigenvalue weighted by atomic mass is 19.1. The van der Waals surface area contributed by atoms with Gasteiger partial charge in [-0.15, -0.1) is 0 Å². The van der Waals surface area contributed by atoms with E-state index in [9.17, 15) is 4.39 Å². The molecule has 0 aliphatic carbocycles. The first-order valence-electron chi connectivity index (χ1n) is 6.54. The maximum absolute atomic E-state index is 13.7. The highest BCUT2D eigenvalue weighted by Gasteiger charge is 2.14. The zero-order valence-corrected chi connectivity index (χ0v) is 11.2. The number of benzene rings is 1. The van der Waals surface area contributed by atoms with E-state index in [1.165, 1.54) is 12.8 Å². The molecule has 0 heterocycles. The lowest BCUT2D eigenvalue weighted by Gasteiger charge is -2.18. The molecular weight excluding hydrogens is 213 g/mol. The number of rotatable bonds is 7. The molecule has 0 aliphatic heterocycles. The molecule has 0 amide bonds. The Labute approximate surface area is 104 Å². The van der Waals surface area contributed by atoms with Crippen molar-refractivity contribution in [3.63, 3.8) is 0 Å². The van der Waals surface area contributed by atoms with Crippen molar-refractivity contribution < 1.29 is 4.39 Å². The number of hydrogen-bond donors (Lipinski definition) is 1. The van der Waals surface area contributed by atoms with Crippen molar-refractivity contribution in [1.82, 2.24) is 5.32 Å². The highest BCUT2D eigenvalue weighted by Crippen LogP contribution is 2.24. The smallest absolute Gasteiger partial charge is 0.126 e. The van der Waals surface area contributed by atoms with Gasteiger partial charge in [0, 0.05) is 6.54 Å². The van der Waals surface area contributed by atoms with E-state index in [-0.39, 0.29) is 5.82 Å². The molecule has 1 nitrogen and oxygen atoms in total. The molecule has 1 aromatic rings. The van der Waals surface area contributed by atoms with Crippen LogP contribution in [0, 0.1) is 11.7 Å². The molecule has 0 fully saturated rings. The van der Waals surface area contributed by atoms with Crippen LogP contribution in [0.1, 0.15) is 44.6 Å². The number of nitrogens with one attached hydrogen (secondary N) is 1. The van der Waals surface area contributed by atoms with Crippen molar-refractivity contribution in [2.45, 2.75) is 39.0 Å². The molecule has 1 rings (SSSR count). The van der Waals surface area contributed by atoms with Gasteiger partial charge in [0.25, 0.3) is 0 Å². The van der Waals surface area contributed by atoms with Crippen molar-refractivity contribution in [3.05, 3.63) is 35.6 Å². The van der Waals surface area contributed by atoms with Gasteiger partial charge in [-0.1, -0.05) is 44.9 Å². The minimum atomic E-state index is -0.0719. The van der Waals surface area contributed by atoms with E-state index in [1.54, 1.807) is 12.1 Å². The molecule has 0 spiro atoms. The molecule has 1 N–H and O–H groups in total. The number of halogens is 1. The zero-order chi connectivity index (χ0) is 12.7. The second kappa shape index (κ2) is 7.44. The molecule has 1 aromatic carbocycles. The van der Waals surface area contributed by atoms with Crippen molar-refractivity contribution in [2.24, 2.45) is 5.92 Å². The van der Waals surface area contributed by atoms with Gasteiger partial charge in [0.2, 0.25) is 0 Å². The van der Waals surface area contributed by atoms with E-state index in [0.717, 1.165) is 24.4 Å². The van der Waals surface area contributed by atoms with Crippen LogP contribution in [0.4, 0.5) is 4.39 Å². The minimum absolute atomic E-state index is 0.0719. The molecule has 17 heavy (non-hydrogen) atoms. The van der Waals surface area contributed by atoms with Gasteiger partial charge in [0.05, 0.1) is 0 Å². The zero-order valence-electron chi connectivity index (χ0n) is 11.2. The molecular formula is C15H24FN. The van der Waals surface area contributed by atoms with Gasteiger partial charge < -0.3 is 5.32 Å². The molecule has 1 unspecified atom stereocenters. The molecule has 0 saturated heterocycles. The third kappa shape index (κ3) is 4.86. The van der Waals surface area contributed by atoms with Gasteiger partial charge in [-0.2, -0.15) is 0 Å². The van der Waals surface area contributed by atoms with Crippen molar-refractivity contribution in [2.75, 3.05) is 13.6 Å². The SMILES string of the molecule is CNCC(CCCC(C)C)c1ccccc1F. The maximum atomic E-state index is 13.7. The summed E-state index contributed by atoms with van der Waals surface area (Å²) in [7, 11) is 1.93. The predicted molar refractivity (Wildman–Crippen MR) is 71.8 cm³/mol. The molecule has 0 aliphatic rings. The van der Waals surface area contributed by atoms with Gasteiger partial charge in [-0.3, -0.25) is 0 Å². The van der Waals surface area contributed by atoms with Crippen LogP contribution in [0.5, 0.6) is 0 Å². The van der Waals surface area contributed by atoms with Crippen molar-refractivity contribution in [3.8, 4) is 0 Å². The molecule has 0 saturated carbocycles. The van der Waals surface area contributed by atoms with Crippen molar-refractivity contribution >= 4 is 0 Å². The fourth-order valence-electron chi connectivity index (χ4n) is 2.19. The Morgan fingerprint density at radius 3 is 2.47 bits per heavy atom. The van der Waals surface area contributed by atoms with Gasteiger partial charge in [0.1, 0.15) is 5.82 Å². The topological polar surface area (TPSA) is 12.0 Å². The predicted octanol–water partition coefficient (Wildman–Crippen LogP) is 3.96. The summed E-state index contributed by atoms with van der Waals surface area (Å²) in [5.41, 5.74) is 0.852. The second-order valence-electron chi connectivity index (χ2n) is 5.10. The quantitative estimate of drug-likeness (QED) is 0.757. The average Bonchev–Trinajstić information content (AvgIpc) is 2.28. The van der Waals surface area contributed by atoms with Gasteiger partial charge in [-0.25, -0.2) is 4.39 Å². The Morgan fingerprint density at radius 1 is 1.18 bits per heavy atom. The standard InChI is InChI=1S/C15H24FN/c1-12(2)7-6-8-13(11-17-3)14-9-4-5-10-15(14)16/h4-5,9-10,12-13,17H,6-8,11H2,1-3H3. The molecule has 96 valence electrons. The first kappa shape index (κ1) is 14.2. The van der Waals surface area contributed by atoms with Crippen LogP contribution in [-0.2, 0) is 0 Å². The fourth-order valence-corrected chi connectivity index (χ4v) is 2.19. The second-order valence-corrected chi connectivity index (χ2v) is 5.10. The third-order valence-corrected chi connectivity index (χ3v) is 3.13. The summed E-state index contributed by atoms with van der Waals surface area (Å²) in [6.45, 7) is 5.31. The summed E-state index contributed by atoms with van der Waals surface area (Å²) in [5.74, 6) is 0.947. The van der Waals surface area contributed by atoms with Crippen LogP contribution < -0.4 is 5.32 Å². The van der Waals surface area contributed by atoms with Crippen LogP contribution >= 0.6 is 0 Å². The summed E-state index contributed by atoms with van der Waals surface area (Å²) in [6.07, 6.45) is 3.44. The van der Waals surface area contributed by atoms with Crippen LogP contribution in [0.25, 0.3) is 0 Å². The number of likely N-dealkylation sites (N-methyl/N-ethyl adjacent to an activating group) is 1. The first-order chi connectivity index (χ1) is 8.15. The lowest BCUT2D eigenvalue weighted by molar-refractivity contribution is 0.476. The van der Waals surface area contributed by atoms with Crippen LogP contribution in [-0.4, -0.2) is 13.6 Å². The van der Waals surface area contributed by atoms with E-state index >= 15 is 0 Å². The average molecular weight is 237 g/mol. The van der Waals surface area contributed by atoms with E-state index < -0.39 is 0 Å². The minimum Gasteiger partial charge on any atom is -0.319 e. The Balaban J connectivity index is 2.62. The molecule has 2 heteroatoms. The van der Waals surface area contributed by atoms with Crippen LogP contribution in [0.15, 0.2) is 24.3 Å². The van der Waals surface area contributed by atoms with E-state index in [4.69, 9.17) is 0 Å². The highest BCUT2D eigenvalue weighted by molar-refractivity contribution is 5.22. The normalized spacial score (nSPS) is 13.0. The van der Waals surface area contributed by atoms with Gasteiger partial charge in [0.15, 0.2) is 0 Å². The molecule has 0 bridgehead atoms. The molecule has 0 aromatic heterocycles. The Bertz CT molecular complexity index is 322. The van der Waals surface area contributed by atoms with Crippen molar-refractivity contribution in [1.29, 1.82) is 0 Å². The summed E-state index contributed by atoms with van der Waals surface area (Å²) in [5, 5.41) is 3.16. The van der Waals surface area contributed by atoms with E-state index in [0.29, 0.717) is 5.92 Å². The monoisotopic (exact) mass is 237 g/mol. The lowest BCUT2D eigenvalue weighted by atomic mass is 9.91. The summed E-state index contributed by atoms with van der Waals surface area (Å²) in [6, 6.07) is 7.14. The Kier molecular flexibility index (Phi) is 6.20. The Morgan fingerprint density at radius 2 is 1.88 bits per heavy atom. The number of hydrogen-bond acceptors (Lipinski definition) is 1. The van der Waals surface area contributed by atoms with E-state index in [1.807, 2.05) is 19.2 Å². The van der Waals surface area contributed by atoms with Crippen LogP contribution in [0.3, 0.4) is 0 Å². The van der Waals surface area contributed by atoms with Crippen LogP contribution in [0.2, 0.25) is 0 Å². The third-order valence-electron chi connectivity index (χ3n) is 3.13. The molecule has 1 atom stereocenters. The van der Waals surface area contributed by atoms with Gasteiger partial charge >= 0.3 is 0 Å². The first-order valence-corrected chi connectivity index (χ1v) is 6.54. The largest absolute Gasteiger partial charge is 0.319 e. The molecule has 0 radical (unpaired) electrons. The summed E-state index contributed by atoms with van der Waals surface area (Å²) >= 11 is 0. The Hall–Kier alpha value is -0.890. The van der Waals surface area contributed by atoms with Gasteiger partial charge in [-0.05, 0) is 36.9 Å². The van der Waals surface area contributed by atoms with E-state index in [2.05, 4.69) is 19.2 Å². The lowest BCUT2D eigenvalue weighted by Crippen LogP contribution is -2.18. The summed E-state index contributed by atoms with van der Waals surface area (Å²) in [4.78, 5) is 0. The fraction of sp³-hybridized carbons (Fsp3) is 0.600.